The smallest absolute Gasteiger partial charge is 0.335 e. The van der Waals surface area contributed by atoms with Gasteiger partial charge < -0.3 is 10.4 Å². The van der Waals surface area contributed by atoms with E-state index in [2.05, 4.69) is 125 Å². The second-order valence-corrected chi connectivity index (χ2v) is 11.3. The van der Waals surface area contributed by atoms with Crippen molar-refractivity contribution in [2.24, 2.45) is 0 Å². The van der Waals surface area contributed by atoms with Crippen LogP contribution in [-0.4, -0.2) is 11.1 Å². The van der Waals surface area contributed by atoms with Crippen molar-refractivity contribution in [2.45, 2.75) is 44.9 Å². The fourth-order valence-electron chi connectivity index (χ4n) is 5.92. The number of hydrogen-bond acceptors (Lipinski definition) is 2. The average Bonchev–Trinajstić information content (AvgIpc) is 3.17. The second-order valence-electron chi connectivity index (χ2n) is 11.3. The van der Waals surface area contributed by atoms with Crippen LogP contribution in [0.3, 0.4) is 0 Å². The standard InChI is InChI=1S/C36H35NO2/c1-24-18-19-27-15-9-10-16-29(27)33(24)36(5,23-26-13-7-6-8-14-26)25(2)12-11-17-32-35(3,4)30-22-28(34(38)39)20-21-31(30)37-32/h6-22,37H,2,23H2,1,3-5H3,(H,38,39)/b12-11+,32-17+. The second kappa shape index (κ2) is 10.1. The number of anilines is 1. The maximum atomic E-state index is 11.5. The molecule has 1 unspecified atom stereocenters. The Morgan fingerprint density at radius 1 is 1.00 bits per heavy atom. The predicted octanol–water partition coefficient (Wildman–Crippen LogP) is 8.75. The molecule has 0 radical (unpaired) electrons. The van der Waals surface area contributed by atoms with Gasteiger partial charge in [-0.05, 0) is 76.2 Å². The summed E-state index contributed by atoms with van der Waals surface area (Å²) >= 11 is 0. The normalized spacial score (nSPS) is 16.7. The van der Waals surface area contributed by atoms with E-state index in [-0.39, 0.29) is 10.8 Å². The monoisotopic (exact) mass is 513 g/mol. The minimum Gasteiger partial charge on any atom is -0.478 e. The number of benzene rings is 4. The van der Waals surface area contributed by atoms with Gasteiger partial charge in [-0.15, -0.1) is 0 Å². The summed E-state index contributed by atoms with van der Waals surface area (Å²) in [4.78, 5) is 11.5. The summed E-state index contributed by atoms with van der Waals surface area (Å²) in [5.41, 5.74) is 7.44. The van der Waals surface area contributed by atoms with E-state index in [9.17, 15) is 9.90 Å². The Labute approximate surface area is 231 Å². The zero-order chi connectivity index (χ0) is 27.8. The highest BCUT2D eigenvalue weighted by molar-refractivity contribution is 5.90. The predicted molar refractivity (Wildman–Crippen MR) is 163 cm³/mol. The lowest BCUT2D eigenvalue weighted by Crippen LogP contribution is -2.28. The Hall–Kier alpha value is -4.37. The van der Waals surface area contributed by atoms with Crippen molar-refractivity contribution in [3.05, 3.63) is 149 Å². The van der Waals surface area contributed by atoms with Gasteiger partial charge in [-0.2, -0.15) is 0 Å². The van der Waals surface area contributed by atoms with E-state index < -0.39 is 5.97 Å². The van der Waals surface area contributed by atoms with E-state index in [1.54, 1.807) is 12.1 Å². The average molecular weight is 514 g/mol. The van der Waals surface area contributed by atoms with Crippen LogP contribution in [0.5, 0.6) is 0 Å². The van der Waals surface area contributed by atoms with Crippen LogP contribution in [0.1, 0.15) is 53.4 Å². The van der Waals surface area contributed by atoms with Crippen molar-refractivity contribution >= 4 is 22.4 Å². The molecule has 39 heavy (non-hydrogen) atoms. The summed E-state index contributed by atoms with van der Waals surface area (Å²) in [5, 5.41) is 15.4. The van der Waals surface area contributed by atoms with Gasteiger partial charge in [0.25, 0.3) is 0 Å². The Morgan fingerprint density at radius 2 is 1.72 bits per heavy atom. The van der Waals surface area contributed by atoms with Crippen molar-refractivity contribution in [3.63, 3.8) is 0 Å². The molecule has 0 saturated carbocycles. The lowest BCUT2D eigenvalue weighted by Gasteiger charge is -2.34. The van der Waals surface area contributed by atoms with Gasteiger partial charge in [-0.3, -0.25) is 0 Å². The van der Waals surface area contributed by atoms with Gasteiger partial charge in [-0.25, -0.2) is 4.79 Å². The van der Waals surface area contributed by atoms with Gasteiger partial charge in [-0.1, -0.05) is 106 Å². The number of fused-ring (bicyclic) bond motifs is 2. The summed E-state index contributed by atoms with van der Waals surface area (Å²) in [6.45, 7) is 13.3. The first-order chi connectivity index (χ1) is 18.6. The number of carbonyl (C=O) groups is 1. The fourth-order valence-corrected chi connectivity index (χ4v) is 5.92. The number of hydrogen-bond donors (Lipinski definition) is 2. The molecule has 3 heteroatoms. The van der Waals surface area contributed by atoms with Crippen LogP contribution in [0.4, 0.5) is 5.69 Å². The van der Waals surface area contributed by atoms with E-state index >= 15 is 0 Å². The van der Waals surface area contributed by atoms with Crippen LogP contribution < -0.4 is 5.32 Å². The zero-order valence-corrected chi connectivity index (χ0v) is 23.1. The minimum atomic E-state index is -0.913. The highest BCUT2D eigenvalue weighted by atomic mass is 16.4. The molecule has 1 heterocycles. The van der Waals surface area contributed by atoms with Crippen molar-refractivity contribution in [1.82, 2.24) is 0 Å². The molecule has 196 valence electrons. The Bertz CT molecular complexity index is 1640. The summed E-state index contributed by atoms with van der Waals surface area (Å²) in [6.07, 6.45) is 7.11. The number of aromatic carboxylic acids is 1. The molecule has 0 fully saturated rings. The molecule has 0 bridgehead atoms. The molecular weight excluding hydrogens is 478 g/mol. The van der Waals surface area contributed by atoms with Crippen molar-refractivity contribution < 1.29 is 9.90 Å². The van der Waals surface area contributed by atoms with E-state index in [1.807, 2.05) is 6.07 Å². The lowest BCUT2D eigenvalue weighted by molar-refractivity contribution is 0.0696. The molecule has 4 aromatic carbocycles. The molecule has 3 nitrogen and oxygen atoms in total. The zero-order valence-electron chi connectivity index (χ0n) is 23.1. The number of rotatable bonds is 7. The van der Waals surface area contributed by atoms with Gasteiger partial charge in [0.2, 0.25) is 0 Å². The maximum absolute atomic E-state index is 11.5. The molecule has 0 aromatic heterocycles. The van der Waals surface area contributed by atoms with Gasteiger partial charge in [0.05, 0.1) is 5.56 Å². The molecule has 0 amide bonds. The summed E-state index contributed by atoms with van der Waals surface area (Å²) in [7, 11) is 0. The molecule has 1 aliphatic rings. The van der Waals surface area contributed by atoms with Gasteiger partial charge >= 0.3 is 5.97 Å². The molecule has 0 saturated heterocycles. The minimum absolute atomic E-state index is 0.302. The molecular formula is C36H35NO2. The van der Waals surface area contributed by atoms with Crippen LogP contribution in [-0.2, 0) is 17.3 Å². The highest BCUT2D eigenvalue weighted by Crippen LogP contribution is 2.44. The van der Waals surface area contributed by atoms with Gasteiger partial charge in [0.15, 0.2) is 0 Å². The lowest BCUT2D eigenvalue weighted by atomic mass is 9.69. The van der Waals surface area contributed by atoms with Gasteiger partial charge in [0, 0.05) is 22.2 Å². The van der Waals surface area contributed by atoms with Crippen LogP contribution in [0.2, 0.25) is 0 Å². The van der Waals surface area contributed by atoms with E-state index in [0.717, 1.165) is 28.9 Å². The van der Waals surface area contributed by atoms with Crippen LogP contribution >= 0.6 is 0 Å². The van der Waals surface area contributed by atoms with Crippen LogP contribution in [0.25, 0.3) is 10.8 Å². The first kappa shape index (κ1) is 26.2. The molecule has 2 N–H and O–H groups in total. The Kier molecular flexibility index (Phi) is 6.78. The third-order valence-electron chi connectivity index (χ3n) is 8.24. The van der Waals surface area contributed by atoms with E-state index in [4.69, 9.17) is 0 Å². The number of aryl methyl sites for hydroxylation is 1. The SMILES string of the molecule is C=C(/C=C/C=C1/Nc2ccc(C(=O)O)cc2C1(C)C)C(C)(Cc1ccccc1)c1c(C)ccc2ccccc12. The number of allylic oxidation sites excluding steroid dienone is 5. The number of nitrogens with one attached hydrogen (secondary N) is 1. The van der Waals surface area contributed by atoms with Crippen molar-refractivity contribution in [2.75, 3.05) is 5.32 Å². The largest absolute Gasteiger partial charge is 0.478 e. The summed E-state index contributed by atoms with van der Waals surface area (Å²) in [5.74, 6) is -0.913. The molecule has 1 atom stereocenters. The topological polar surface area (TPSA) is 49.3 Å². The molecule has 0 spiro atoms. The molecule has 0 aliphatic carbocycles. The van der Waals surface area contributed by atoms with Crippen LogP contribution in [0, 0.1) is 6.92 Å². The Morgan fingerprint density at radius 3 is 2.46 bits per heavy atom. The quantitative estimate of drug-likeness (QED) is 0.243. The molecule has 5 rings (SSSR count). The maximum Gasteiger partial charge on any atom is 0.335 e. The number of carboxylic acid groups (broad SMARTS) is 1. The first-order valence-corrected chi connectivity index (χ1v) is 13.4. The number of carboxylic acids is 1. The Balaban J connectivity index is 1.53. The third-order valence-corrected chi connectivity index (χ3v) is 8.24. The summed E-state index contributed by atoms with van der Waals surface area (Å²) in [6, 6.07) is 28.9. The summed E-state index contributed by atoms with van der Waals surface area (Å²) < 4.78 is 0. The van der Waals surface area contributed by atoms with Crippen molar-refractivity contribution in [3.8, 4) is 0 Å². The molecule has 4 aromatic rings. The van der Waals surface area contributed by atoms with Gasteiger partial charge in [0.1, 0.15) is 0 Å². The first-order valence-electron chi connectivity index (χ1n) is 13.4. The van der Waals surface area contributed by atoms with Crippen LogP contribution in [0.15, 0.2) is 121 Å². The van der Waals surface area contributed by atoms with E-state index in [1.165, 1.54) is 27.5 Å². The van der Waals surface area contributed by atoms with Crippen molar-refractivity contribution in [1.29, 1.82) is 0 Å². The molecule has 1 aliphatic heterocycles. The van der Waals surface area contributed by atoms with E-state index in [0.29, 0.717) is 5.56 Å². The third kappa shape index (κ3) is 4.81. The fraction of sp³-hybridized carbons (Fsp3) is 0.194. The highest BCUT2D eigenvalue weighted by Gasteiger charge is 2.35.